The van der Waals surface area contributed by atoms with Gasteiger partial charge in [-0.05, 0) is 13.0 Å². The normalized spacial score (nSPS) is 20.4. The molecule has 2 unspecified atom stereocenters. The van der Waals surface area contributed by atoms with Crippen LogP contribution in [0.4, 0.5) is 5.69 Å². The van der Waals surface area contributed by atoms with Crippen molar-refractivity contribution in [3.63, 3.8) is 0 Å². The quantitative estimate of drug-likeness (QED) is 0.804. The predicted molar refractivity (Wildman–Crippen MR) is 62.3 cm³/mol. The van der Waals surface area contributed by atoms with Crippen LogP contribution < -0.4 is 10.6 Å². The fraction of sp³-hybridized carbons (Fsp3) is 0.417. The van der Waals surface area contributed by atoms with Crippen molar-refractivity contribution in [1.29, 1.82) is 0 Å². The monoisotopic (exact) mass is 220 g/mol. The Morgan fingerprint density at radius 2 is 2.25 bits per heavy atom. The molecule has 1 heterocycles. The number of anilines is 1. The van der Waals surface area contributed by atoms with Crippen molar-refractivity contribution in [3.8, 4) is 0 Å². The Labute approximate surface area is 95.0 Å². The van der Waals surface area contributed by atoms with Crippen LogP contribution in [-0.4, -0.2) is 25.7 Å². The first kappa shape index (κ1) is 11.1. The fourth-order valence-electron chi connectivity index (χ4n) is 1.96. The molecule has 16 heavy (non-hydrogen) atoms. The SMILES string of the molecule is COCC(C)NC1C(=O)Nc2ccccc21. The standard InChI is InChI=1S/C12H16N2O2/c1-8(7-16-2)13-11-9-5-3-4-6-10(9)14-12(11)15/h3-6,8,11,13H,7H2,1-2H3,(H,14,15). The number of fused-ring (bicyclic) bond motifs is 1. The number of carbonyl (C=O) groups excluding carboxylic acids is 1. The van der Waals surface area contributed by atoms with Crippen molar-refractivity contribution in [3.05, 3.63) is 29.8 Å². The zero-order valence-corrected chi connectivity index (χ0v) is 9.49. The highest BCUT2D eigenvalue weighted by atomic mass is 16.5. The molecule has 0 aliphatic carbocycles. The molecule has 86 valence electrons. The Hall–Kier alpha value is -1.39. The summed E-state index contributed by atoms with van der Waals surface area (Å²) in [4.78, 5) is 11.8. The van der Waals surface area contributed by atoms with Gasteiger partial charge in [0.15, 0.2) is 0 Å². The maximum absolute atomic E-state index is 11.8. The number of amides is 1. The van der Waals surface area contributed by atoms with Gasteiger partial charge in [0.05, 0.1) is 6.61 Å². The molecule has 1 aromatic carbocycles. The van der Waals surface area contributed by atoms with Crippen molar-refractivity contribution in [1.82, 2.24) is 5.32 Å². The first-order chi connectivity index (χ1) is 7.72. The second-order valence-corrected chi connectivity index (χ2v) is 4.03. The molecular weight excluding hydrogens is 204 g/mol. The summed E-state index contributed by atoms with van der Waals surface area (Å²) in [5.74, 6) is 0.00385. The highest BCUT2D eigenvalue weighted by Gasteiger charge is 2.30. The topological polar surface area (TPSA) is 50.4 Å². The van der Waals surface area contributed by atoms with Gasteiger partial charge >= 0.3 is 0 Å². The number of para-hydroxylation sites is 1. The smallest absolute Gasteiger partial charge is 0.246 e. The molecule has 2 N–H and O–H groups in total. The molecule has 2 rings (SSSR count). The molecule has 0 spiro atoms. The summed E-state index contributed by atoms with van der Waals surface area (Å²) in [6, 6.07) is 7.61. The summed E-state index contributed by atoms with van der Waals surface area (Å²) < 4.78 is 5.04. The van der Waals surface area contributed by atoms with Gasteiger partial charge in [0.25, 0.3) is 0 Å². The van der Waals surface area contributed by atoms with Gasteiger partial charge < -0.3 is 10.1 Å². The minimum atomic E-state index is -0.263. The van der Waals surface area contributed by atoms with Gasteiger partial charge in [0, 0.05) is 24.4 Å². The average Bonchev–Trinajstić information content (AvgIpc) is 2.56. The highest BCUT2D eigenvalue weighted by Crippen LogP contribution is 2.30. The van der Waals surface area contributed by atoms with E-state index in [-0.39, 0.29) is 18.0 Å². The third kappa shape index (κ3) is 2.08. The van der Waals surface area contributed by atoms with Crippen molar-refractivity contribution >= 4 is 11.6 Å². The first-order valence-electron chi connectivity index (χ1n) is 5.37. The third-order valence-electron chi connectivity index (χ3n) is 2.66. The van der Waals surface area contributed by atoms with E-state index in [9.17, 15) is 4.79 Å². The lowest BCUT2D eigenvalue weighted by atomic mass is 10.1. The minimum Gasteiger partial charge on any atom is -0.383 e. The van der Waals surface area contributed by atoms with E-state index >= 15 is 0 Å². The number of ether oxygens (including phenoxy) is 1. The van der Waals surface area contributed by atoms with Crippen molar-refractivity contribution < 1.29 is 9.53 Å². The van der Waals surface area contributed by atoms with E-state index in [1.165, 1.54) is 0 Å². The molecule has 0 saturated carbocycles. The Bertz CT molecular complexity index is 392. The molecule has 0 bridgehead atoms. The van der Waals surface area contributed by atoms with Crippen LogP contribution in [0.25, 0.3) is 0 Å². The largest absolute Gasteiger partial charge is 0.383 e. The van der Waals surface area contributed by atoms with Gasteiger partial charge in [-0.3, -0.25) is 10.1 Å². The molecule has 1 aliphatic heterocycles. The van der Waals surface area contributed by atoms with Crippen LogP contribution in [0.15, 0.2) is 24.3 Å². The van der Waals surface area contributed by atoms with Crippen molar-refractivity contribution in [2.24, 2.45) is 0 Å². The average molecular weight is 220 g/mol. The van der Waals surface area contributed by atoms with Gasteiger partial charge in [0.2, 0.25) is 5.91 Å². The molecule has 1 amide bonds. The van der Waals surface area contributed by atoms with Gasteiger partial charge in [0.1, 0.15) is 6.04 Å². The van der Waals surface area contributed by atoms with E-state index in [2.05, 4.69) is 10.6 Å². The van der Waals surface area contributed by atoms with Crippen molar-refractivity contribution in [2.45, 2.75) is 19.0 Å². The molecule has 2 atom stereocenters. The summed E-state index contributed by atoms with van der Waals surface area (Å²) >= 11 is 0. The zero-order valence-electron chi connectivity index (χ0n) is 9.49. The third-order valence-corrected chi connectivity index (χ3v) is 2.66. The van der Waals surface area contributed by atoms with E-state index in [1.54, 1.807) is 7.11 Å². The number of carbonyl (C=O) groups is 1. The van der Waals surface area contributed by atoms with Gasteiger partial charge in [-0.1, -0.05) is 18.2 Å². The van der Waals surface area contributed by atoms with Crippen LogP contribution in [0.3, 0.4) is 0 Å². The van der Waals surface area contributed by atoms with Crippen LogP contribution >= 0.6 is 0 Å². The molecule has 4 heteroatoms. The molecule has 0 saturated heterocycles. The maximum Gasteiger partial charge on any atom is 0.246 e. The first-order valence-corrected chi connectivity index (χ1v) is 5.37. The number of hydrogen-bond donors (Lipinski definition) is 2. The summed E-state index contributed by atoms with van der Waals surface area (Å²) in [6.45, 7) is 2.59. The van der Waals surface area contributed by atoms with Crippen LogP contribution in [0, 0.1) is 0 Å². The van der Waals surface area contributed by atoms with Crippen LogP contribution in [0.5, 0.6) is 0 Å². The number of methoxy groups -OCH3 is 1. The molecule has 0 fully saturated rings. The second kappa shape index (κ2) is 4.63. The van der Waals surface area contributed by atoms with E-state index in [0.29, 0.717) is 6.61 Å². The molecule has 1 aliphatic rings. The van der Waals surface area contributed by atoms with E-state index < -0.39 is 0 Å². The predicted octanol–water partition coefficient (Wildman–Crippen LogP) is 1.30. The van der Waals surface area contributed by atoms with Gasteiger partial charge in [-0.25, -0.2) is 0 Å². The minimum absolute atomic E-state index is 0.00385. The fourth-order valence-corrected chi connectivity index (χ4v) is 1.96. The lowest BCUT2D eigenvalue weighted by molar-refractivity contribution is -0.117. The Balaban J connectivity index is 2.13. The van der Waals surface area contributed by atoms with Gasteiger partial charge in [-0.2, -0.15) is 0 Å². The van der Waals surface area contributed by atoms with E-state index in [4.69, 9.17) is 4.74 Å². The molecule has 0 aromatic heterocycles. The summed E-state index contributed by atoms with van der Waals surface area (Å²) in [6.07, 6.45) is 0. The zero-order chi connectivity index (χ0) is 11.5. The Morgan fingerprint density at radius 1 is 1.50 bits per heavy atom. The van der Waals surface area contributed by atoms with Crippen LogP contribution in [-0.2, 0) is 9.53 Å². The molecule has 4 nitrogen and oxygen atoms in total. The molecule has 1 aromatic rings. The molecule has 0 radical (unpaired) electrons. The maximum atomic E-state index is 11.8. The summed E-state index contributed by atoms with van der Waals surface area (Å²) in [7, 11) is 1.65. The van der Waals surface area contributed by atoms with Crippen LogP contribution in [0.2, 0.25) is 0 Å². The van der Waals surface area contributed by atoms with Crippen molar-refractivity contribution in [2.75, 3.05) is 19.0 Å². The summed E-state index contributed by atoms with van der Waals surface area (Å²) in [5, 5.41) is 6.10. The lowest BCUT2D eigenvalue weighted by Crippen LogP contribution is -2.37. The van der Waals surface area contributed by atoms with E-state index in [1.807, 2.05) is 31.2 Å². The van der Waals surface area contributed by atoms with E-state index in [0.717, 1.165) is 11.3 Å². The van der Waals surface area contributed by atoms with Crippen LogP contribution in [0.1, 0.15) is 18.5 Å². The lowest BCUT2D eigenvalue weighted by Gasteiger charge is -2.17. The Kier molecular flexibility index (Phi) is 3.22. The van der Waals surface area contributed by atoms with Gasteiger partial charge in [-0.15, -0.1) is 0 Å². The molecular formula is C12H16N2O2. The number of benzene rings is 1. The second-order valence-electron chi connectivity index (χ2n) is 4.03. The summed E-state index contributed by atoms with van der Waals surface area (Å²) in [5.41, 5.74) is 1.91. The number of hydrogen-bond acceptors (Lipinski definition) is 3. The highest BCUT2D eigenvalue weighted by molar-refractivity contribution is 6.02. The Morgan fingerprint density at radius 3 is 3.00 bits per heavy atom. The number of rotatable bonds is 4. The number of nitrogens with one attached hydrogen (secondary N) is 2.